The summed E-state index contributed by atoms with van der Waals surface area (Å²) in [5.41, 5.74) is 2.95. The average Bonchev–Trinajstić information content (AvgIpc) is 2.74. The van der Waals surface area contributed by atoms with Gasteiger partial charge in [0.05, 0.1) is 23.9 Å². The van der Waals surface area contributed by atoms with E-state index in [1.165, 1.54) is 0 Å². The molecule has 152 valence electrons. The second-order valence-electron chi connectivity index (χ2n) is 7.02. The van der Waals surface area contributed by atoms with E-state index in [9.17, 15) is 4.79 Å². The molecule has 3 N–H and O–H groups in total. The van der Waals surface area contributed by atoms with Crippen LogP contribution in [0.4, 0.5) is 5.69 Å². The standard InChI is InChI=1S/C24H23N3O2S/c1-3-29-20-14-7-6-13-19(20)26-23(28)21-15(2)25-24(30)27-22(21)18-12-8-10-16-9-4-5-11-17(16)18/h4-14,22H,3H2,1-2H3,(H,26,28)(H2,25,27,30)/t22-/m0/s1. The van der Waals surface area contributed by atoms with Crippen LogP contribution in [0.5, 0.6) is 5.75 Å². The minimum Gasteiger partial charge on any atom is -0.492 e. The van der Waals surface area contributed by atoms with Gasteiger partial charge in [-0.25, -0.2) is 0 Å². The first-order valence-electron chi connectivity index (χ1n) is 9.87. The van der Waals surface area contributed by atoms with E-state index in [0.717, 1.165) is 22.0 Å². The predicted octanol–water partition coefficient (Wildman–Crippen LogP) is 4.67. The molecule has 6 heteroatoms. The number of para-hydroxylation sites is 2. The fraction of sp³-hybridized carbons (Fsp3) is 0.167. The van der Waals surface area contributed by atoms with Gasteiger partial charge in [-0.1, -0.05) is 54.6 Å². The monoisotopic (exact) mass is 417 g/mol. The van der Waals surface area contributed by atoms with Crippen LogP contribution in [0.25, 0.3) is 10.8 Å². The summed E-state index contributed by atoms with van der Waals surface area (Å²) in [7, 11) is 0. The molecule has 0 unspecified atom stereocenters. The highest BCUT2D eigenvalue weighted by Crippen LogP contribution is 2.33. The number of hydrogen-bond acceptors (Lipinski definition) is 3. The largest absolute Gasteiger partial charge is 0.492 e. The molecule has 5 nitrogen and oxygen atoms in total. The number of carbonyl (C=O) groups excluding carboxylic acids is 1. The number of thiocarbonyl (C=S) groups is 1. The molecule has 1 amide bonds. The van der Waals surface area contributed by atoms with Crippen molar-refractivity contribution in [1.29, 1.82) is 0 Å². The van der Waals surface area contributed by atoms with Crippen LogP contribution in [-0.2, 0) is 4.79 Å². The first-order valence-corrected chi connectivity index (χ1v) is 10.3. The molecule has 0 aliphatic carbocycles. The number of carbonyl (C=O) groups is 1. The van der Waals surface area contributed by atoms with E-state index in [1.54, 1.807) is 0 Å². The molecule has 0 fully saturated rings. The third-order valence-electron chi connectivity index (χ3n) is 5.08. The topological polar surface area (TPSA) is 62.4 Å². The lowest BCUT2D eigenvalue weighted by Crippen LogP contribution is -2.45. The normalized spacial score (nSPS) is 16.1. The van der Waals surface area contributed by atoms with Crippen LogP contribution in [-0.4, -0.2) is 17.6 Å². The van der Waals surface area contributed by atoms with Crippen molar-refractivity contribution >= 4 is 39.7 Å². The van der Waals surface area contributed by atoms with Crippen LogP contribution in [0, 0.1) is 0 Å². The number of nitrogens with one attached hydrogen (secondary N) is 3. The molecule has 1 atom stereocenters. The molecular formula is C24H23N3O2S. The lowest BCUT2D eigenvalue weighted by atomic mass is 9.91. The number of allylic oxidation sites excluding steroid dienone is 1. The summed E-state index contributed by atoms with van der Waals surface area (Å²) in [6.45, 7) is 4.30. The minimum absolute atomic E-state index is 0.208. The van der Waals surface area contributed by atoms with Gasteiger partial charge in [0.25, 0.3) is 5.91 Å². The number of fused-ring (bicyclic) bond motifs is 1. The van der Waals surface area contributed by atoms with Crippen molar-refractivity contribution in [2.45, 2.75) is 19.9 Å². The Morgan fingerprint density at radius 2 is 1.80 bits per heavy atom. The fourth-order valence-electron chi connectivity index (χ4n) is 3.77. The molecule has 0 bridgehead atoms. The molecule has 1 aliphatic heterocycles. The van der Waals surface area contributed by atoms with E-state index in [2.05, 4.69) is 34.1 Å². The summed E-state index contributed by atoms with van der Waals surface area (Å²) >= 11 is 5.40. The second kappa shape index (κ2) is 8.55. The van der Waals surface area contributed by atoms with E-state index >= 15 is 0 Å². The van der Waals surface area contributed by atoms with Crippen molar-refractivity contribution in [3.63, 3.8) is 0 Å². The van der Waals surface area contributed by atoms with Crippen LogP contribution >= 0.6 is 12.2 Å². The van der Waals surface area contributed by atoms with Gasteiger partial charge in [0, 0.05) is 5.70 Å². The highest BCUT2D eigenvalue weighted by molar-refractivity contribution is 7.80. The average molecular weight is 418 g/mol. The number of benzene rings is 3. The summed E-state index contributed by atoms with van der Waals surface area (Å²) in [6.07, 6.45) is 0. The zero-order chi connectivity index (χ0) is 21.1. The summed E-state index contributed by atoms with van der Waals surface area (Å²) < 4.78 is 5.66. The maximum Gasteiger partial charge on any atom is 0.255 e. The number of hydrogen-bond donors (Lipinski definition) is 3. The van der Waals surface area contributed by atoms with Crippen LogP contribution in [0.1, 0.15) is 25.5 Å². The molecule has 1 aliphatic rings. The molecule has 30 heavy (non-hydrogen) atoms. The van der Waals surface area contributed by atoms with E-state index in [0.29, 0.717) is 28.7 Å². The Kier molecular flexibility index (Phi) is 5.68. The zero-order valence-corrected chi connectivity index (χ0v) is 17.7. The van der Waals surface area contributed by atoms with Gasteiger partial charge in [-0.15, -0.1) is 0 Å². The molecule has 0 saturated heterocycles. The Morgan fingerprint density at radius 3 is 2.63 bits per heavy atom. The van der Waals surface area contributed by atoms with E-state index in [-0.39, 0.29) is 11.9 Å². The van der Waals surface area contributed by atoms with Gasteiger partial charge in [-0.2, -0.15) is 0 Å². The summed E-state index contributed by atoms with van der Waals surface area (Å²) in [6, 6.07) is 21.3. The van der Waals surface area contributed by atoms with Crippen LogP contribution in [0.3, 0.4) is 0 Å². The Labute approximate surface area is 181 Å². The van der Waals surface area contributed by atoms with E-state index < -0.39 is 0 Å². The van der Waals surface area contributed by atoms with Crippen LogP contribution in [0.2, 0.25) is 0 Å². The fourth-order valence-corrected chi connectivity index (χ4v) is 4.04. The van der Waals surface area contributed by atoms with Gasteiger partial charge in [0.1, 0.15) is 5.75 Å². The Morgan fingerprint density at radius 1 is 1.07 bits per heavy atom. The van der Waals surface area contributed by atoms with E-state index in [1.807, 2.05) is 62.4 Å². The molecule has 3 aromatic rings. The Bertz CT molecular complexity index is 1150. The molecule has 0 radical (unpaired) electrons. The molecule has 0 spiro atoms. The van der Waals surface area contributed by atoms with Crippen molar-refractivity contribution in [3.8, 4) is 5.75 Å². The van der Waals surface area contributed by atoms with Crippen molar-refractivity contribution in [1.82, 2.24) is 10.6 Å². The van der Waals surface area contributed by atoms with E-state index in [4.69, 9.17) is 17.0 Å². The van der Waals surface area contributed by atoms with Crippen molar-refractivity contribution in [3.05, 3.63) is 83.6 Å². The molecule has 3 aromatic carbocycles. The maximum absolute atomic E-state index is 13.4. The van der Waals surface area contributed by atoms with Crippen LogP contribution < -0.4 is 20.7 Å². The smallest absolute Gasteiger partial charge is 0.255 e. The first kappa shape index (κ1) is 19.9. The van der Waals surface area contributed by atoms with Gasteiger partial charge in [-0.3, -0.25) is 4.79 Å². The van der Waals surface area contributed by atoms with Crippen molar-refractivity contribution < 1.29 is 9.53 Å². The van der Waals surface area contributed by atoms with Gasteiger partial charge < -0.3 is 20.7 Å². The Hall–Kier alpha value is -3.38. The number of anilines is 1. The highest BCUT2D eigenvalue weighted by atomic mass is 32.1. The summed E-state index contributed by atoms with van der Waals surface area (Å²) in [4.78, 5) is 13.4. The SMILES string of the molecule is CCOc1ccccc1NC(=O)C1=C(C)NC(=S)N[C@H]1c1cccc2ccccc12. The van der Waals surface area contributed by atoms with Gasteiger partial charge in [0.15, 0.2) is 5.11 Å². The van der Waals surface area contributed by atoms with Crippen LogP contribution in [0.15, 0.2) is 78.0 Å². The van der Waals surface area contributed by atoms with Gasteiger partial charge >= 0.3 is 0 Å². The zero-order valence-electron chi connectivity index (χ0n) is 16.9. The number of ether oxygens (including phenoxy) is 1. The molecule has 1 heterocycles. The number of rotatable bonds is 5. The van der Waals surface area contributed by atoms with Gasteiger partial charge in [0.2, 0.25) is 0 Å². The predicted molar refractivity (Wildman–Crippen MR) is 124 cm³/mol. The van der Waals surface area contributed by atoms with Gasteiger partial charge in [-0.05, 0) is 54.5 Å². The first-order chi connectivity index (χ1) is 14.6. The second-order valence-corrected chi connectivity index (χ2v) is 7.43. The molecule has 4 rings (SSSR count). The van der Waals surface area contributed by atoms with Crippen molar-refractivity contribution in [2.24, 2.45) is 0 Å². The maximum atomic E-state index is 13.4. The lowest BCUT2D eigenvalue weighted by molar-refractivity contribution is -0.113. The molecule has 0 saturated carbocycles. The Balaban J connectivity index is 1.75. The minimum atomic E-state index is -0.371. The number of amides is 1. The quantitative estimate of drug-likeness (QED) is 0.527. The lowest BCUT2D eigenvalue weighted by Gasteiger charge is -2.31. The summed E-state index contributed by atoms with van der Waals surface area (Å²) in [5, 5.41) is 12.1. The summed E-state index contributed by atoms with van der Waals surface area (Å²) in [5.74, 6) is 0.431. The molecular weight excluding hydrogens is 394 g/mol. The third kappa shape index (κ3) is 3.86. The van der Waals surface area contributed by atoms with Crippen molar-refractivity contribution in [2.75, 3.05) is 11.9 Å². The third-order valence-corrected chi connectivity index (χ3v) is 5.30. The highest BCUT2D eigenvalue weighted by Gasteiger charge is 2.31. The molecule has 0 aromatic heterocycles.